The first kappa shape index (κ1) is 10.0. The van der Waals surface area contributed by atoms with E-state index in [0.29, 0.717) is 6.54 Å². The molecule has 0 unspecified atom stereocenters. The second-order valence-electron chi connectivity index (χ2n) is 2.68. The summed E-state index contributed by atoms with van der Waals surface area (Å²) in [5.74, 6) is 0. The summed E-state index contributed by atoms with van der Waals surface area (Å²) in [6, 6.07) is 1.86. The number of rotatable bonds is 2. The van der Waals surface area contributed by atoms with Crippen molar-refractivity contribution in [1.82, 2.24) is 0 Å². The van der Waals surface area contributed by atoms with Crippen molar-refractivity contribution in [3.8, 4) is 0 Å². The zero-order valence-corrected chi connectivity index (χ0v) is 9.75. The summed E-state index contributed by atoms with van der Waals surface area (Å²) < 4.78 is 33.6. The van der Waals surface area contributed by atoms with Crippen LogP contribution in [0.4, 0.5) is 0 Å². The van der Waals surface area contributed by atoms with Crippen LogP contribution in [0.3, 0.4) is 0 Å². The van der Waals surface area contributed by atoms with Gasteiger partial charge < -0.3 is 0 Å². The molecule has 2 aromatic heterocycles. The minimum Gasteiger partial charge on any atom is -0.277 e. The van der Waals surface area contributed by atoms with Crippen LogP contribution in [0.1, 0.15) is 6.92 Å². The summed E-state index contributed by atoms with van der Waals surface area (Å²) in [5.41, 5.74) is 0.870. The Morgan fingerprint density at radius 1 is 1.57 bits per heavy atom. The van der Waals surface area contributed by atoms with Crippen molar-refractivity contribution in [2.45, 2.75) is 17.8 Å². The van der Waals surface area contributed by atoms with Gasteiger partial charge >= 0.3 is 14.5 Å². The van der Waals surface area contributed by atoms with Gasteiger partial charge in [0.15, 0.2) is 4.01 Å². The maximum Gasteiger partial charge on any atom is 0.383 e. The lowest BCUT2D eigenvalue weighted by Crippen LogP contribution is -2.36. The van der Waals surface area contributed by atoms with Crippen LogP contribution < -0.4 is 4.57 Å². The van der Waals surface area contributed by atoms with Gasteiger partial charge in [0.2, 0.25) is 5.52 Å². The highest BCUT2D eigenvalue weighted by molar-refractivity contribution is 7.88. The Morgan fingerprint density at radius 2 is 2.29 bits per heavy atom. The van der Waals surface area contributed by atoms with Crippen molar-refractivity contribution in [1.29, 1.82) is 0 Å². The average molecular weight is 250 g/mol. The van der Waals surface area contributed by atoms with Crippen molar-refractivity contribution in [2.75, 3.05) is 0 Å². The zero-order chi connectivity index (χ0) is 10.3. The molecule has 0 aliphatic heterocycles. The lowest BCUT2D eigenvalue weighted by Gasteiger charge is -1.90. The van der Waals surface area contributed by atoms with Crippen LogP contribution in [-0.2, 0) is 16.7 Å². The van der Waals surface area contributed by atoms with Gasteiger partial charge in [0.1, 0.15) is 6.54 Å². The van der Waals surface area contributed by atoms with Crippen molar-refractivity contribution >= 4 is 42.3 Å². The number of hydrogen-bond donors (Lipinski definition) is 1. The van der Waals surface area contributed by atoms with E-state index in [-0.39, 0.29) is 4.34 Å². The fraction of sp³-hybridized carbons (Fsp3) is 0.286. The molecule has 1 N–H and O–H groups in total. The van der Waals surface area contributed by atoms with E-state index < -0.39 is 10.1 Å². The highest BCUT2D eigenvalue weighted by atomic mass is 32.3. The second-order valence-corrected chi connectivity index (χ2v) is 6.45. The Labute approximate surface area is 89.2 Å². The van der Waals surface area contributed by atoms with Crippen LogP contribution in [0.15, 0.2) is 15.8 Å². The number of thiophene rings is 1. The molecule has 2 rings (SSSR count). The summed E-state index contributed by atoms with van der Waals surface area (Å²) >= 11 is 2.58. The van der Waals surface area contributed by atoms with Crippen LogP contribution in [0.5, 0.6) is 0 Å². The lowest BCUT2D eigenvalue weighted by molar-refractivity contribution is -0.699. The fourth-order valence-electron chi connectivity index (χ4n) is 1.29. The quantitative estimate of drug-likeness (QED) is 0.649. The standard InChI is InChI=1S/C7H7NO3S3/c1-2-8-5-3-4-12-6(5)13-7(8)14(9,10)11/h3-4H,2H2,1H3/p+1. The largest absolute Gasteiger partial charge is 0.383 e. The molecule has 0 amide bonds. The minimum atomic E-state index is -4.09. The number of fused-ring (bicyclic) bond motifs is 1. The molecule has 0 spiro atoms. The first-order chi connectivity index (χ1) is 6.54. The van der Waals surface area contributed by atoms with Crippen LogP contribution in [-0.4, -0.2) is 13.0 Å². The predicted molar refractivity (Wildman–Crippen MR) is 55.4 cm³/mol. The molecule has 0 saturated heterocycles. The molecular formula is C7H8NO3S3+. The molecule has 0 aliphatic carbocycles. The molecule has 2 heterocycles. The Bertz CT molecular complexity index is 566. The van der Waals surface area contributed by atoms with E-state index in [4.69, 9.17) is 4.55 Å². The van der Waals surface area contributed by atoms with E-state index >= 15 is 0 Å². The molecule has 0 fully saturated rings. The van der Waals surface area contributed by atoms with Gasteiger partial charge in [-0.25, -0.2) is 0 Å². The normalized spacial score (nSPS) is 12.4. The zero-order valence-electron chi connectivity index (χ0n) is 7.30. The molecule has 4 nitrogen and oxygen atoms in total. The van der Waals surface area contributed by atoms with Crippen LogP contribution in [0.25, 0.3) is 9.53 Å². The van der Waals surface area contributed by atoms with Gasteiger partial charge in [0, 0.05) is 6.07 Å². The van der Waals surface area contributed by atoms with E-state index in [2.05, 4.69) is 0 Å². The summed E-state index contributed by atoms with van der Waals surface area (Å²) in [6.07, 6.45) is 0. The van der Waals surface area contributed by atoms with Gasteiger partial charge in [-0.05, 0) is 23.6 Å². The molecule has 76 valence electrons. The van der Waals surface area contributed by atoms with Crippen LogP contribution >= 0.6 is 22.7 Å². The summed E-state index contributed by atoms with van der Waals surface area (Å²) in [7, 11) is -4.09. The monoisotopic (exact) mass is 250 g/mol. The molecular weight excluding hydrogens is 242 g/mol. The number of hydrogen-bond acceptors (Lipinski definition) is 4. The predicted octanol–water partition coefficient (Wildman–Crippen LogP) is 1.52. The maximum absolute atomic E-state index is 11.0. The van der Waals surface area contributed by atoms with Gasteiger partial charge in [0.25, 0.3) is 0 Å². The first-order valence-corrected chi connectivity index (χ1v) is 7.05. The van der Waals surface area contributed by atoms with Gasteiger partial charge in [-0.1, -0.05) is 0 Å². The Kier molecular flexibility index (Phi) is 2.34. The highest BCUT2D eigenvalue weighted by Gasteiger charge is 2.29. The summed E-state index contributed by atoms with van der Waals surface area (Å²) in [4.78, 5) is 0. The van der Waals surface area contributed by atoms with Crippen LogP contribution in [0, 0.1) is 0 Å². The Balaban J connectivity index is 2.83. The molecule has 0 saturated carbocycles. The van der Waals surface area contributed by atoms with Crippen molar-refractivity contribution in [3.63, 3.8) is 0 Å². The molecule has 0 bridgehead atoms. The molecule has 14 heavy (non-hydrogen) atoms. The highest BCUT2D eigenvalue weighted by Crippen LogP contribution is 2.28. The van der Waals surface area contributed by atoms with Crippen molar-refractivity contribution < 1.29 is 17.5 Å². The Hall–Kier alpha value is -0.500. The molecule has 0 atom stereocenters. The molecule has 2 aromatic rings. The molecule has 0 aliphatic rings. The SMILES string of the molecule is CC[n+]1c(S(=O)(=O)O)sc2sccc21. The number of aryl methyl sites for hydroxylation is 1. The van der Waals surface area contributed by atoms with Gasteiger partial charge in [-0.15, -0.1) is 11.3 Å². The maximum atomic E-state index is 11.0. The van der Waals surface area contributed by atoms with Crippen molar-refractivity contribution in [3.05, 3.63) is 11.4 Å². The topological polar surface area (TPSA) is 58.2 Å². The van der Waals surface area contributed by atoms with Crippen LogP contribution in [0.2, 0.25) is 0 Å². The van der Waals surface area contributed by atoms with E-state index in [1.807, 2.05) is 18.4 Å². The number of thiazole rings is 1. The average Bonchev–Trinajstić information content (AvgIpc) is 2.58. The number of nitrogens with zero attached hydrogens (tertiary/aromatic N) is 1. The second kappa shape index (κ2) is 3.27. The van der Waals surface area contributed by atoms with Gasteiger partial charge in [-0.2, -0.15) is 13.0 Å². The third-order valence-electron chi connectivity index (χ3n) is 1.84. The van der Waals surface area contributed by atoms with E-state index in [1.54, 1.807) is 4.57 Å². The number of aromatic nitrogens is 1. The lowest BCUT2D eigenvalue weighted by atomic mass is 10.5. The third kappa shape index (κ3) is 1.46. The smallest absolute Gasteiger partial charge is 0.277 e. The van der Waals surface area contributed by atoms with E-state index in [1.165, 1.54) is 11.3 Å². The molecule has 7 heteroatoms. The summed E-state index contributed by atoms with van der Waals surface area (Å²) in [6.45, 7) is 2.38. The third-order valence-corrected chi connectivity index (χ3v) is 5.41. The van der Waals surface area contributed by atoms with Gasteiger partial charge in [0.05, 0.1) is 0 Å². The van der Waals surface area contributed by atoms with E-state index in [9.17, 15) is 8.42 Å². The Morgan fingerprint density at radius 3 is 2.86 bits per heavy atom. The minimum absolute atomic E-state index is 0.0156. The molecule has 0 radical (unpaired) electrons. The van der Waals surface area contributed by atoms with Crippen molar-refractivity contribution in [2.24, 2.45) is 0 Å². The van der Waals surface area contributed by atoms with Gasteiger partial charge in [-0.3, -0.25) is 4.55 Å². The van der Waals surface area contributed by atoms with E-state index in [0.717, 1.165) is 20.9 Å². The summed E-state index contributed by atoms with van der Waals surface area (Å²) in [5, 5.41) is 1.90. The fourth-order valence-corrected chi connectivity index (χ4v) is 4.62. The molecule has 0 aromatic carbocycles. The first-order valence-electron chi connectivity index (χ1n) is 3.91.